The number of fused-ring (bicyclic) bond motifs is 1. The Morgan fingerprint density at radius 3 is 2.53 bits per heavy atom. The molecule has 0 bridgehead atoms. The number of anilines is 1. The summed E-state index contributed by atoms with van der Waals surface area (Å²) < 4.78 is 10.7. The van der Waals surface area contributed by atoms with Crippen molar-refractivity contribution in [3.8, 4) is 11.5 Å². The molecule has 0 aromatic heterocycles. The Kier molecular flexibility index (Phi) is 6.21. The Hall–Kier alpha value is -3.02. The first kappa shape index (κ1) is 20.3. The molecule has 2 amide bonds. The van der Waals surface area contributed by atoms with E-state index >= 15 is 0 Å². The van der Waals surface area contributed by atoms with Gasteiger partial charge in [0.15, 0.2) is 11.5 Å². The molecule has 2 aliphatic heterocycles. The minimum absolute atomic E-state index is 0.00543. The highest BCUT2D eigenvalue weighted by Crippen LogP contribution is 2.34. The zero-order valence-electron chi connectivity index (χ0n) is 17.3. The van der Waals surface area contributed by atoms with Gasteiger partial charge in [-0.25, -0.2) is 0 Å². The van der Waals surface area contributed by atoms with E-state index in [4.69, 9.17) is 9.47 Å². The summed E-state index contributed by atoms with van der Waals surface area (Å²) in [5.74, 6) is 1.32. The molecule has 1 atom stereocenters. The van der Waals surface area contributed by atoms with E-state index < -0.39 is 0 Å². The number of benzene rings is 2. The molecule has 6 nitrogen and oxygen atoms in total. The second kappa shape index (κ2) is 9.20. The van der Waals surface area contributed by atoms with Gasteiger partial charge in [0.25, 0.3) is 0 Å². The summed E-state index contributed by atoms with van der Waals surface area (Å²) >= 11 is 0. The smallest absolute Gasteiger partial charge is 0.231 e. The molecular weight excluding hydrogens is 380 g/mol. The zero-order chi connectivity index (χ0) is 20.9. The largest absolute Gasteiger partial charge is 0.454 e. The molecule has 2 heterocycles. The fourth-order valence-corrected chi connectivity index (χ4v) is 4.21. The monoisotopic (exact) mass is 408 g/mol. The van der Waals surface area contributed by atoms with Crippen LogP contribution in [0.1, 0.15) is 44.1 Å². The quantitative estimate of drug-likeness (QED) is 0.779. The van der Waals surface area contributed by atoms with Crippen LogP contribution in [0.25, 0.3) is 0 Å². The van der Waals surface area contributed by atoms with Crippen LogP contribution in [0.4, 0.5) is 5.69 Å². The highest BCUT2D eigenvalue weighted by molar-refractivity contribution is 5.93. The van der Waals surface area contributed by atoms with Crippen LogP contribution in [0.5, 0.6) is 11.5 Å². The molecule has 0 saturated carbocycles. The van der Waals surface area contributed by atoms with Crippen LogP contribution in [0, 0.1) is 5.92 Å². The van der Waals surface area contributed by atoms with Gasteiger partial charge in [-0.2, -0.15) is 0 Å². The van der Waals surface area contributed by atoms with Crippen molar-refractivity contribution in [1.29, 1.82) is 0 Å². The molecule has 2 aromatic carbocycles. The number of amides is 2. The van der Waals surface area contributed by atoms with E-state index in [1.54, 1.807) is 12.1 Å². The number of carbonyl (C=O) groups is 2. The van der Waals surface area contributed by atoms with Gasteiger partial charge >= 0.3 is 0 Å². The molecule has 1 saturated heterocycles. The Bertz CT molecular complexity index is 891. The highest BCUT2D eigenvalue weighted by Gasteiger charge is 2.31. The fraction of sp³-hybridized carbons (Fsp3) is 0.417. The number of hydrogen-bond donors (Lipinski definition) is 1. The summed E-state index contributed by atoms with van der Waals surface area (Å²) in [5.41, 5.74) is 1.78. The van der Waals surface area contributed by atoms with Gasteiger partial charge in [0.05, 0.1) is 5.92 Å². The van der Waals surface area contributed by atoms with Gasteiger partial charge < -0.3 is 19.7 Å². The molecule has 0 radical (unpaired) electrons. The molecule has 0 aliphatic carbocycles. The lowest BCUT2D eigenvalue weighted by Crippen LogP contribution is -2.43. The first-order valence-electron chi connectivity index (χ1n) is 10.7. The third kappa shape index (κ3) is 4.42. The Morgan fingerprint density at radius 1 is 1.07 bits per heavy atom. The van der Waals surface area contributed by atoms with Crippen LogP contribution in [0.3, 0.4) is 0 Å². The van der Waals surface area contributed by atoms with Crippen LogP contribution >= 0.6 is 0 Å². The summed E-state index contributed by atoms with van der Waals surface area (Å²) in [7, 11) is 0. The van der Waals surface area contributed by atoms with E-state index in [-0.39, 0.29) is 30.4 Å². The molecule has 1 N–H and O–H groups in total. The first-order chi connectivity index (χ1) is 14.7. The third-order valence-corrected chi connectivity index (χ3v) is 5.89. The number of likely N-dealkylation sites (tertiary alicyclic amines) is 1. The maximum Gasteiger partial charge on any atom is 0.231 e. The molecule has 30 heavy (non-hydrogen) atoms. The standard InChI is InChI=1S/C24H28N2O4/c1-2-6-20(17-7-4-3-5-8-17)24(28)26-13-11-18(12-14-26)23(27)25-19-9-10-21-22(15-19)30-16-29-21/h3-5,7-10,15,18,20H,2,6,11-14,16H2,1H3,(H,25,27). The summed E-state index contributed by atoms with van der Waals surface area (Å²) in [4.78, 5) is 27.8. The van der Waals surface area contributed by atoms with Crippen molar-refractivity contribution in [2.75, 3.05) is 25.2 Å². The first-order valence-corrected chi connectivity index (χ1v) is 10.7. The van der Waals surface area contributed by atoms with Gasteiger partial charge in [0, 0.05) is 30.8 Å². The Balaban J connectivity index is 1.33. The third-order valence-electron chi connectivity index (χ3n) is 5.89. The molecule has 1 fully saturated rings. The van der Waals surface area contributed by atoms with Gasteiger partial charge in [-0.05, 0) is 37.0 Å². The number of ether oxygens (including phenoxy) is 2. The van der Waals surface area contributed by atoms with Crippen LogP contribution in [0.15, 0.2) is 48.5 Å². The maximum atomic E-state index is 13.2. The number of nitrogens with zero attached hydrogens (tertiary/aromatic N) is 1. The molecule has 0 spiro atoms. The van der Waals surface area contributed by atoms with Crippen molar-refractivity contribution in [1.82, 2.24) is 4.90 Å². The van der Waals surface area contributed by atoms with Crippen molar-refractivity contribution in [2.24, 2.45) is 5.92 Å². The molecular formula is C24H28N2O4. The lowest BCUT2D eigenvalue weighted by molar-refractivity contribution is -0.136. The number of nitrogens with one attached hydrogen (secondary N) is 1. The average Bonchev–Trinajstić information content (AvgIpc) is 3.25. The van der Waals surface area contributed by atoms with Crippen molar-refractivity contribution >= 4 is 17.5 Å². The highest BCUT2D eigenvalue weighted by atomic mass is 16.7. The normalized spacial score (nSPS) is 16.9. The van der Waals surface area contributed by atoms with Gasteiger partial charge in [0.1, 0.15) is 0 Å². The summed E-state index contributed by atoms with van der Waals surface area (Å²) in [6.07, 6.45) is 3.15. The van der Waals surface area contributed by atoms with Gasteiger partial charge in [-0.15, -0.1) is 0 Å². The summed E-state index contributed by atoms with van der Waals surface area (Å²) in [5, 5.41) is 2.98. The number of rotatable bonds is 6. The lowest BCUT2D eigenvalue weighted by Gasteiger charge is -2.34. The minimum Gasteiger partial charge on any atom is -0.454 e. The predicted molar refractivity (Wildman–Crippen MR) is 115 cm³/mol. The second-order valence-corrected chi connectivity index (χ2v) is 7.91. The van der Waals surface area contributed by atoms with Crippen molar-refractivity contribution in [3.05, 3.63) is 54.1 Å². The molecule has 158 valence electrons. The predicted octanol–water partition coefficient (Wildman–Crippen LogP) is 4.18. The molecule has 2 aliphatic rings. The van der Waals surface area contributed by atoms with E-state index in [0.29, 0.717) is 43.1 Å². The summed E-state index contributed by atoms with van der Waals surface area (Å²) in [6, 6.07) is 15.4. The number of carbonyl (C=O) groups excluding carboxylic acids is 2. The van der Waals surface area contributed by atoms with Crippen LogP contribution < -0.4 is 14.8 Å². The van der Waals surface area contributed by atoms with E-state index in [9.17, 15) is 9.59 Å². The van der Waals surface area contributed by atoms with Crippen molar-refractivity contribution in [3.63, 3.8) is 0 Å². The fourth-order valence-electron chi connectivity index (χ4n) is 4.21. The molecule has 4 rings (SSSR count). The lowest BCUT2D eigenvalue weighted by atomic mass is 9.90. The van der Waals surface area contributed by atoms with Gasteiger partial charge in [-0.1, -0.05) is 43.7 Å². The van der Waals surface area contributed by atoms with Crippen LogP contribution in [0.2, 0.25) is 0 Å². The van der Waals surface area contributed by atoms with Crippen molar-refractivity contribution < 1.29 is 19.1 Å². The van der Waals surface area contributed by atoms with Gasteiger partial charge in [0.2, 0.25) is 18.6 Å². The van der Waals surface area contributed by atoms with Crippen molar-refractivity contribution in [2.45, 2.75) is 38.5 Å². The molecule has 6 heteroatoms. The SMILES string of the molecule is CCCC(C(=O)N1CCC(C(=O)Nc2ccc3c(c2)OCO3)CC1)c1ccccc1. The second-order valence-electron chi connectivity index (χ2n) is 7.91. The number of piperidine rings is 1. The van der Waals surface area contributed by atoms with Crippen LogP contribution in [-0.2, 0) is 9.59 Å². The molecule has 2 aromatic rings. The molecule has 1 unspecified atom stereocenters. The average molecular weight is 408 g/mol. The topological polar surface area (TPSA) is 67.9 Å². The van der Waals surface area contributed by atoms with E-state index in [2.05, 4.69) is 12.2 Å². The zero-order valence-corrected chi connectivity index (χ0v) is 17.3. The summed E-state index contributed by atoms with van der Waals surface area (Å²) in [6.45, 7) is 3.55. The van der Waals surface area contributed by atoms with E-state index in [1.165, 1.54) is 0 Å². The number of hydrogen-bond acceptors (Lipinski definition) is 4. The Labute approximate surface area is 177 Å². The van der Waals surface area contributed by atoms with Gasteiger partial charge in [-0.3, -0.25) is 9.59 Å². The van der Waals surface area contributed by atoms with E-state index in [0.717, 1.165) is 18.4 Å². The van der Waals surface area contributed by atoms with Crippen LogP contribution in [-0.4, -0.2) is 36.6 Å². The Morgan fingerprint density at radius 2 is 1.80 bits per heavy atom. The van der Waals surface area contributed by atoms with E-state index in [1.807, 2.05) is 41.3 Å². The minimum atomic E-state index is -0.102. The maximum absolute atomic E-state index is 13.2.